The van der Waals surface area contributed by atoms with Gasteiger partial charge in [-0.3, -0.25) is 14.0 Å². The summed E-state index contributed by atoms with van der Waals surface area (Å²) in [6.07, 6.45) is 2.82. The molecule has 19 nitrogen and oxygen atoms in total. The van der Waals surface area contributed by atoms with E-state index in [0.717, 1.165) is 23.9 Å². The zero-order chi connectivity index (χ0) is 38.6. The predicted molar refractivity (Wildman–Crippen MR) is 192 cm³/mol. The Kier molecular flexibility index (Phi) is 13.7. The van der Waals surface area contributed by atoms with E-state index >= 15 is 0 Å². The van der Waals surface area contributed by atoms with Gasteiger partial charge in [0.15, 0.2) is 15.9 Å². The molecular formula is C29H23ClN8O11S4. The first kappa shape index (κ1) is 40.4. The largest absolute Gasteiger partial charge is 0.507 e. The standard InChI is InChI=1S/C29H23ClN8O11S4/c1-2-16-51(40,41)22-10-6-20(7-11-22)37-38-24-18-26(52(42,43)44)25(31-12-3-13-39)17-23(24)33-29-35-27(30)34-28(36-29)32-19-4-8-21(9-5-19)50-15-14-48-49-53(45,46)47/h4-11,13,17-18,39H,2,16H2,1H3,(H,42,43,44)(H,45,46,47)(H2,32,33,34,35,36). The fourth-order valence-corrected chi connectivity index (χ4v) is 6.55. The third kappa shape index (κ3) is 12.7. The molecule has 4 rings (SSSR count). The van der Waals surface area contributed by atoms with Crippen LogP contribution in [0.25, 0.3) is 0 Å². The van der Waals surface area contributed by atoms with Crippen LogP contribution in [0.1, 0.15) is 13.3 Å². The molecule has 0 unspecified atom stereocenters. The first-order chi connectivity index (χ1) is 25.1. The lowest BCUT2D eigenvalue weighted by Gasteiger charge is -2.12. The third-order valence-corrected chi connectivity index (χ3v) is 9.86. The lowest BCUT2D eigenvalue weighted by atomic mass is 10.2. The Morgan fingerprint density at radius 1 is 0.906 bits per heavy atom. The number of hydrogen-bond donors (Lipinski definition) is 5. The molecule has 4 aromatic rings. The molecule has 0 radical (unpaired) electrons. The Bertz CT molecular complexity index is 2520. The van der Waals surface area contributed by atoms with Crippen LogP contribution < -0.4 is 10.6 Å². The number of nitrogens with one attached hydrogen (secondary N) is 2. The molecule has 0 bridgehead atoms. The molecule has 0 spiro atoms. The highest BCUT2D eigenvalue weighted by atomic mass is 35.5. The van der Waals surface area contributed by atoms with E-state index in [4.69, 9.17) is 21.3 Å². The van der Waals surface area contributed by atoms with E-state index in [-0.39, 0.29) is 50.6 Å². The minimum Gasteiger partial charge on any atom is -0.507 e. The second-order valence-corrected chi connectivity index (χ2v) is 15.4. The van der Waals surface area contributed by atoms with Crippen molar-refractivity contribution in [1.82, 2.24) is 15.0 Å². The molecule has 0 aliphatic rings. The summed E-state index contributed by atoms with van der Waals surface area (Å²) >= 11 is 7.11. The number of nitrogens with zero attached hydrogens (tertiary/aromatic N) is 6. The Hall–Kier alpha value is -5.37. The molecule has 1 heterocycles. The summed E-state index contributed by atoms with van der Waals surface area (Å²) in [7, 11) is -13.2. The van der Waals surface area contributed by atoms with Crippen molar-refractivity contribution in [3.8, 4) is 11.4 Å². The van der Waals surface area contributed by atoms with Gasteiger partial charge in [-0.25, -0.2) is 8.42 Å². The van der Waals surface area contributed by atoms with Crippen LogP contribution in [0.4, 0.5) is 40.3 Å². The lowest BCUT2D eigenvalue weighted by Crippen LogP contribution is -2.05. The van der Waals surface area contributed by atoms with Crippen molar-refractivity contribution in [3.05, 3.63) is 77.9 Å². The number of sulfone groups is 1. The number of aliphatic imine (C=N–C) groups is 1. The number of benzene rings is 3. The van der Waals surface area contributed by atoms with Crippen molar-refractivity contribution in [2.45, 2.75) is 28.0 Å². The van der Waals surface area contributed by atoms with Crippen molar-refractivity contribution < 1.29 is 48.7 Å². The Labute approximate surface area is 311 Å². The SMILES string of the molecule is CCCS(=O)(=O)c1ccc(N=Nc2cc(S(=O)(=O)O)c(N=C=C=CO)cc2Nc2nc(Cl)nc(Nc3ccc(SC#COOS(=O)(=O)O)cc3)n2)cc1. The molecule has 0 aliphatic carbocycles. The van der Waals surface area contributed by atoms with Gasteiger partial charge >= 0.3 is 10.4 Å². The third-order valence-electron chi connectivity index (χ3n) is 5.94. The molecule has 24 heteroatoms. The molecule has 1 aromatic heterocycles. The molecule has 276 valence electrons. The Morgan fingerprint density at radius 3 is 2.21 bits per heavy atom. The van der Waals surface area contributed by atoms with Crippen LogP contribution in [-0.2, 0) is 39.6 Å². The van der Waals surface area contributed by atoms with Crippen molar-refractivity contribution in [1.29, 1.82) is 0 Å². The van der Waals surface area contributed by atoms with E-state index in [0.29, 0.717) is 23.3 Å². The van der Waals surface area contributed by atoms with Crippen molar-refractivity contribution in [2.24, 2.45) is 15.2 Å². The first-order valence-corrected chi connectivity index (χ1v) is 19.8. The molecule has 0 amide bonds. The Morgan fingerprint density at radius 2 is 1.58 bits per heavy atom. The summed E-state index contributed by atoms with van der Waals surface area (Å²) in [6, 6.07) is 14.0. The monoisotopic (exact) mass is 822 g/mol. The van der Waals surface area contributed by atoms with Crippen molar-refractivity contribution in [2.75, 3.05) is 16.4 Å². The average Bonchev–Trinajstić information content (AvgIpc) is 3.07. The zero-order valence-electron chi connectivity index (χ0n) is 26.6. The number of aromatic nitrogens is 3. The molecule has 0 fully saturated rings. The van der Waals surface area contributed by atoms with Gasteiger partial charge in [0.25, 0.3) is 10.1 Å². The fourth-order valence-electron chi connectivity index (χ4n) is 3.85. The van der Waals surface area contributed by atoms with Crippen LogP contribution >= 0.6 is 23.4 Å². The molecule has 5 N–H and O–H groups in total. The minimum absolute atomic E-state index is 0.0153. The van der Waals surface area contributed by atoms with Gasteiger partial charge in [-0.05, 0) is 101 Å². The number of anilines is 4. The predicted octanol–water partition coefficient (Wildman–Crippen LogP) is 6.15. The summed E-state index contributed by atoms with van der Waals surface area (Å²) in [4.78, 5) is 20.1. The highest BCUT2D eigenvalue weighted by molar-refractivity contribution is 8.04. The first-order valence-electron chi connectivity index (χ1n) is 14.2. The maximum Gasteiger partial charge on any atom is 0.433 e. The summed E-state index contributed by atoms with van der Waals surface area (Å²) in [5, 5.41) is 25.0. The van der Waals surface area contributed by atoms with Crippen LogP contribution in [0, 0.1) is 11.4 Å². The smallest absolute Gasteiger partial charge is 0.433 e. The summed E-state index contributed by atoms with van der Waals surface area (Å²) in [6.45, 7) is 1.74. The van der Waals surface area contributed by atoms with Crippen LogP contribution in [0.2, 0.25) is 5.28 Å². The molecule has 0 saturated carbocycles. The quantitative estimate of drug-likeness (QED) is 0.0110. The number of rotatable bonds is 14. The topological polar surface area (TPSA) is 281 Å². The zero-order valence-corrected chi connectivity index (χ0v) is 30.6. The van der Waals surface area contributed by atoms with Crippen LogP contribution in [-0.4, -0.2) is 66.0 Å². The van der Waals surface area contributed by atoms with E-state index in [1.165, 1.54) is 24.3 Å². The highest BCUT2D eigenvalue weighted by Crippen LogP contribution is 2.38. The van der Waals surface area contributed by atoms with E-state index in [1.54, 1.807) is 31.2 Å². The Balaban J connectivity index is 1.66. The van der Waals surface area contributed by atoms with E-state index in [9.17, 15) is 29.8 Å². The minimum atomic E-state index is -4.91. The molecular weight excluding hydrogens is 800 g/mol. The highest BCUT2D eigenvalue weighted by Gasteiger charge is 2.21. The maximum absolute atomic E-state index is 12.4. The molecule has 0 atom stereocenters. The van der Waals surface area contributed by atoms with Gasteiger partial charge in [-0.1, -0.05) is 6.92 Å². The number of thioether (sulfide) groups is 1. The fraction of sp³-hybridized carbons (Fsp3) is 0.103. The van der Waals surface area contributed by atoms with Gasteiger partial charge in [-0.15, -0.1) is 5.11 Å². The van der Waals surface area contributed by atoms with Gasteiger partial charge < -0.3 is 15.7 Å². The van der Waals surface area contributed by atoms with Crippen LogP contribution in [0.15, 0.2) is 103 Å². The van der Waals surface area contributed by atoms with E-state index < -0.39 is 35.2 Å². The lowest BCUT2D eigenvalue weighted by molar-refractivity contribution is -0.135. The molecule has 0 saturated heterocycles. The van der Waals surface area contributed by atoms with Crippen LogP contribution in [0.5, 0.6) is 0 Å². The summed E-state index contributed by atoms with van der Waals surface area (Å²) in [5.74, 6) is 1.90. The van der Waals surface area contributed by atoms with Crippen molar-refractivity contribution in [3.63, 3.8) is 0 Å². The van der Waals surface area contributed by atoms with Crippen molar-refractivity contribution >= 4 is 99.9 Å². The van der Waals surface area contributed by atoms with Gasteiger partial charge in [0, 0.05) is 21.7 Å². The normalized spacial score (nSPS) is 11.5. The number of halogens is 1. The second kappa shape index (κ2) is 17.9. The summed E-state index contributed by atoms with van der Waals surface area (Å²) < 4.78 is 92.3. The molecule has 3 aromatic carbocycles. The van der Waals surface area contributed by atoms with E-state index in [2.05, 4.69) is 66.9 Å². The second-order valence-electron chi connectivity index (χ2n) is 9.73. The van der Waals surface area contributed by atoms with Crippen LogP contribution in [0.3, 0.4) is 0 Å². The molecule has 0 aliphatic heterocycles. The number of aliphatic hydroxyl groups excluding tert-OH is 1. The maximum atomic E-state index is 12.4. The summed E-state index contributed by atoms with van der Waals surface area (Å²) in [5.41, 5.74) is 2.22. The van der Waals surface area contributed by atoms with E-state index in [1.807, 2.05) is 6.11 Å². The van der Waals surface area contributed by atoms with Gasteiger partial charge in [0.05, 0.1) is 27.7 Å². The molecule has 53 heavy (non-hydrogen) atoms. The van der Waals surface area contributed by atoms with Gasteiger partial charge in [0.1, 0.15) is 16.8 Å². The number of azo groups is 1. The number of aliphatic hydroxyl groups is 1. The van der Waals surface area contributed by atoms with Gasteiger partial charge in [0.2, 0.25) is 17.2 Å². The average molecular weight is 823 g/mol. The number of hydrogen-bond acceptors (Lipinski definition) is 18. The van der Waals surface area contributed by atoms with Gasteiger partial charge in [-0.2, -0.15) is 41.9 Å².